The van der Waals surface area contributed by atoms with Crippen molar-refractivity contribution in [1.29, 1.82) is 0 Å². The third-order valence-electron chi connectivity index (χ3n) is 2.77. The van der Waals surface area contributed by atoms with Crippen LogP contribution in [0.25, 0.3) is 0 Å². The molecule has 0 aliphatic heterocycles. The Balaban J connectivity index is 2.41. The van der Waals surface area contributed by atoms with Gasteiger partial charge in [0.1, 0.15) is 5.75 Å². The predicted octanol–water partition coefficient (Wildman–Crippen LogP) is 3.97. The molecule has 1 N–H and O–H groups in total. The number of amides is 1. The Bertz CT molecular complexity index is 449. The van der Waals surface area contributed by atoms with E-state index in [2.05, 4.69) is 10.1 Å². The topological polar surface area (TPSA) is 38.3 Å². The van der Waals surface area contributed by atoms with Gasteiger partial charge >= 0.3 is 6.36 Å². The maximum absolute atomic E-state index is 12.0. The first-order valence-electron chi connectivity index (χ1n) is 6.52. The lowest BCUT2D eigenvalue weighted by Gasteiger charge is -2.10. The standard InChI is InChI=1S/C14H17ClF3NO2/c1-10(9-15)3-2-8-19-13(20)11-4-6-12(7-5-11)21-14(16,17)18/h4-7,10H,2-3,8-9H2,1H3,(H,19,20). The minimum absolute atomic E-state index is 0.287. The lowest BCUT2D eigenvalue weighted by atomic mass is 10.1. The van der Waals surface area contributed by atoms with Crippen LogP contribution < -0.4 is 10.1 Å². The van der Waals surface area contributed by atoms with Crippen molar-refractivity contribution in [2.45, 2.75) is 26.1 Å². The summed E-state index contributed by atoms with van der Waals surface area (Å²) in [7, 11) is 0. The number of ether oxygens (including phenoxy) is 1. The highest BCUT2D eigenvalue weighted by Crippen LogP contribution is 2.22. The predicted molar refractivity (Wildman–Crippen MR) is 74.6 cm³/mol. The normalized spacial score (nSPS) is 12.8. The largest absolute Gasteiger partial charge is 0.573 e. The van der Waals surface area contributed by atoms with E-state index in [9.17, 15) is 18.0 Å². The van der Waals surface area contributed by atoms with Gasteiger partial charge in [0.15, 0.2) is 0 Å². The van der Waals surface area contributed by atoms with Gasteiger partial charge in [-0.05, 0) is 43.0 Å². The van der Waals surface area contributed by atoms with Crippen molar-refractivity contribution < 1.29 is 22.7 Å². The molecule has 1 aromatic carbocycles. The van der Waals surface area contributed by atoms with E-state index in [0.717, 1.165) is 25.0 Å². The van der Waals surface area contributed by atoms with Crippen LogP contribution in [0.1, 0.15) is 30.1 Å². The van der Waals surface area contributed by atoms with Crippen molar-refractivity contribution in [3.05, 3.63) is 29.8 Å². The van der Waals surface area contributed by atoms with Gasteiger partial charge in [-0.15, -0.1) is 24.8 Å². The van der Waals surface area contributed by atoms with Crippen LogP contribution in [0.2, 0.25) is 0 Å². The third-order valence-corrected chi connectivity index (χ3v) is 3.30. The van der Waals surface area contributed by atoms with Crippen molar-refractivity contribution in [1.82, 2.24) is 5.32 Å². The number of carbonyl (C=O) groups is 1. The quantitative estimate of drug-likeness (QED) is 0.609. The van der Waals surface area contributed by atoms with Crippen LogP contribution in [0.15, 0.2) is 24.3 Å². The molecule has 118 valence electrons. The fourth-order valence-corrected chi connectivity index (χ4v) is 1.79. The number of benzene rings is 1. The van der Waals surface area contributed by atoms with E-state index in [-0.39, 0.29) is 17.2 Å². The highest BCUT2D eigenvalue weighted by atomic mass is 35.5. The summed E-state index contributed by atoms with van der Waals surface area (Å²) in [6, 6.07) is 4.80. The molecule has 0 radical (unpaired) electrons. The first-order chi connectivity index (χ1) is 9.81. The highest BCUT2D eigenvalue weighted by molar-refractivity contribution is 6.18. The molecule has 0 fully saturated rings. The fourth-order valence-electron chi connectivity index (χ4n) is 1.64. The average molecular weight is 324 g/mol. The zero-order chi connectivity index (χ0) is 15.9. The molecule has 1 aromatic rings. The van der Waals surface area contributed by atoms with Crippen molar-refractivity contribution >= 4 is 17.5 Å². The molecule has 0 saturated carbocycles. The Morgan fingerprint density at radius 2 is 1.95 bits per heavy atom. The van der Waals surface area contributed by atoms with E-state index >= 15 is 0 Å². The monoisotopic (exact) mass is 323 g/mol. The molecule has 0 saturated heterocycles. The summed E-state index contributed by atoms with van der Waals surface area (Å²) >= 11 is 5.67. The van der Waals surface area contributed by atoms with Crippen LogP contribution >= 0.6 is 11.6 Å². The summed E-state index contributed by atoms with van der Waals surface area (Å²) in [5.41, 5.74) is 0.287. The van der Waals surface area contributed by atoms with Gasteiger partial charge in [-0.25, -0.2) is 0 Å². The maximum atomic E-state index is 12.0. The van der Waals surface area contributed by atoms with Crippen LogP contribution in [0.3, 0.4) is 0 Å². The van der Waals surface area contributed by atoms with E-state index in [1.807, 2.05) is 6.92 Å². The minimum atomic E-state index is -4.73. The van der Waals surface area contributed by atoms with Crippen LogP contribution in [0.4, 0.5) is 13.2 Å². The zero-order valence-corrected chi connectivity index (χ0v) is 12.3. The summed E-state index contributed by atoms with van der Waals surface area (Å²) in [5.74, 6) is 0.290. The fraction of sp³-hybridized carbons (Fsp3) is 0.500. The van der Waals surface area contributed by atoms with Crippen molar-refractivity contribution in [2.75, 3.05) is 12.4 Å². The summed E-state index contributed by atoms with van der Waals surface area (Å²) < 4.78 is 39.7. The molecule has 1 unspecified atom stereocenters. The van der Waals surface area contributed by atoms with Gasteiger partial charge in [-0.3, -0.25) is 4.79 Å². The second kappa shape index (κ2) is 8.12. The van der Waals surface area contributed by atoms with Crippen LogP contribution in [0.5, 0.6) is 5.75 Å². The van der Waals surface area contributed by atoms with E-state index < -0.39 is 6.36 Å². The Morgan fingerprint density at radius 3 is 2.48 bits per heavy atom. The van der Waals surface area contributed by atoms with Gasteiger partial charge in [0, 0.05) is 18.0 Å². The average Bonchev–Trinajstić information content (AvgIpc) is 2.42. The number of halogens is 4. The van der Waals surface area contributed by atoms with Gasteiger partial charge < -0.3 is 10.1 Å². The molecule has 1 amide bonds. The van der Waals surface area contributed by atoms with E-state index in [4.69, 9.17) is 11.6 Å². The molecule has 3 nitrogen and oxygen atoms in total. The first kappa shape index (κ1) is 17.6. The summed E-state index contributed by atoms with van der Waals surface area (Å²) in [5, 5.41) is 2.70. The molecule has 0 aromatic heterocycles. The molecule has 1 atom stereocenters. The second-order valence-corrected chi connectivity index (χ2v) is 5.04. The van der Waals surface area contributed by atoms with Crippen LogP contribution in [0, 0.1) is 5.92 Å². The number of carbonyl (C=O) groups excluding carboxylic acids is 1. The molecular weight excluding hydrogens is 307 g/mol. The van der Waals surface area contributed by atoms with Gasteiger partial charge in [-0.2, -0.15) is 0 Å². The van der Waals surface area contributed by atoms with Crippen LogP contribution in [-0.2, 0) is 0 Å². The summed E-state index contributed by atoms with van der Waals surface area (Å²) in [4.78, 5) is 11.8. The Morgan fingerprint density at radius 1 is 1.33 bits per heavy atom. The van der Waals surface area contributed by atoms with Gasteiger partial charge in [-0.1, -0.05) is 6.92 Å². The Labute approximate surface area is 126 Å². The Hall–Kier alpha value is -1.43. The van der Waals surface area contributed by atoms with Gasteiger partial charge in [0.2, 0.25) is 0 Å². The van der Waals surface area contributed by atoms with Crippen LogP contribution in [-0.4, -0.2) is 24.7 Å². The second-order valence-electron chi connectivity index (χ2n) is 4.73. The molecule has 0 spiro atoms. The molecular formula is C14H17ClF3NO2. The highest BCUT2D eigenvalue weighted by Gasteiger charge is 2.31. The van der Waals surface area contributed by atoms with E-state index in [1.165, 1.54) is 12.1 Å². The third kappa shape index (κ3) is 7.22. The van der Waals surface area contributed by atoms with Crippen molar-refractivity contribution in [3.8, 4) is 5.75 Å². The number of nitrogens with one attached hydrogen (secondary N) is 1. The number of hydrogen-bond donors (Lipinski definition) is 1. The lowest BCUT2D eigenvalue weighted by molar-refractivity contribution is -0.274. The summed E-state index contributed by atoms with van der Waals surface area (Å²) in [6.07, 6.45) is -3.03. The molecule has 0 aliphatic rings. The number of rotatable bonds is 7. The zero-order valence-electron chi connectivity index (χ0n) is 11.5. The lowest BCUT2D eigenvalue weighted by Crippen LogP contribution is -2.24. The van der Waals surface area contributed by atoms with Gasteiger partial charge in [0.25, 0.3) is 5.91 Å². The first-order valence-corrected chi connectivity index (χ1v) is 7.05. The molecule has 0 bridgehead atoms. The molecule has 7 heteroatoms. The van der Waals surface area contributed by atoms with Gasteiger partial charge in [0.05, 0.1) is 0 Å². The maximum Gasteiger partial charge on any atom is 0.573 e. The Kier molecular flexibility index (Phi) is 6.81. The number of hydrogen-bond acceptors (Lipinski definition) is 2. The molecule has 1 rings (SSSR count). The summed E-state index contributed by atoms with van der Waals surface area (Å²) in [6.45, 7) is 2.52. The van der Waals surface area contributed by atoms with Crippen molar-refractivity contribution in [3.63, 3.8) is 0 Å². The molecule has 21 heavy (non-hydrogen) atoms. The smallest absolute Gasteiger partial charge is 0.406 e. The van der Waals surface area contributed by atoms with E-state index in [0.29, 0.717) is 18.3 Å². The van der Waals surface area contributed by atoms with Crippen molar-refractivity contribution in [2.24, 2.45) is 5.92 Å². The SMILES string of the molecule is CC(CCl)CCCNC(=O)c1ccc(OC(F)(F)F)cc1. The minimum Gasteiger partial charge on any atom is -0.406 e. The molecule has 0 aliphatic carbocycles. The van der Waals surface area contributed by atoms with E-state index in [1.54, 1.807) is 0 Å². The number of alkyl halides is 4. The molecule has 0 heterocycles.